The van der Waals surface area contributed by atoms with E-state index in [9.17, 15) is 19.2 Å². The molecule has 168 valence electrons. The molecule has 0 saturated carbocycles. The van der Waals surface area contributed by atoms with E-state index in [0.29, 0.717) is 23.7 Å². The van der Waals surface area contributed by atoms with Gasteiger partial charge in [-0.25, -0.2) is 4.79 Å². The Balaban J connectivity index is 1.52. The average molecular weight is 437 g/mol. The maximum atomic E-state index is 12.7. The SMILES string of the molecule is CCn1c(=O)c2ccccc2n(CC(=O)OCCNC(=O)CCc2ccc(C)cc2)c1=O. The minimum Gasteiger partial charge on any atom is -0.462 e. The van der Waals surface area contributed by atoms with E-state index in [2.05, 4.69) is 5.32 Å². The van der Waals surface area contributed by atoms with Crippen molar-refractivity contribution in [2.24, 2.45) is 0 Å². The van der Waals surface area contributed by atoms with Crippen LogP contribution in [0.5, 0.6) is 0 Å². The summed E-state index contributed by atoms with van der Waals surface area (Å²) in [5.74, 6) is -0.744. The second kappa shape index (κ2) is 10.6. The minimum atomic E-state index is -0.618. The molecule has 0 aliphatic rings. The lowest BCUT2D eigenvalue weighted by atomic mass is 10.1. The number of aromatic nitrogens is 2. The highest BCUT2D eigenvalue weighted by atomic mass is 16.5. The zero-order valence-corrected chi connectivity index (χ0v) is 18.3. The number of hydrogen-bond acceptors (Lipinski definition) is 5. The average Bonchev–Trinajstić information content (AvgIpc) is 2.79. The quantitative estimate of drug-likeness (QED) is 0.406. The third-order valence-corrected chi connectivity index (χ3v) is 5.18. The highest BCUT2D eigenvalue weighted by Gasteiger charge is 2.15. The predicted octanol–water partition coefficient (Wildman–Crippen LogP) is 1.78. The standard InChI is InChI=1S/C24H27N3O5/c1-3-26-23(30)19-6-4-5-7-20(19)27(24(26)31)16-22(29)32-15-14-25-21(28)13-12-18-10-8-17(2)9-11-18/h4-11H,3,12-16H2,1-2H3,(H,25,28). The molecule has 0 aliphatic heterocycles. The first-order chi connectivity index (χ1) is 15.4. The van der Waals surface area contributed by atoms with E-state index in [-0.39, 0.29) is 37.7 Å². The Morgan fingerprint density at radius 3 is 2.44 bits per heavy atom. The van der Waals surface area contributed by atoms with Gasteiger partial charge in [-0.05, 0) is 38.0 Å². The van der Waals surface area contributed by atoms with Crippen molar-refractivity contribution in [1.29, 1.82) is 0 Å². The van der Waals surface area contributed by atoms with E-state index in [0.717, 1.165) is 10.1 Å². The number of rotatable bonds is 9. The van der Waals surface area contributed by atoms with E-state index in [1.165, 1.54) is 10.1 Å². The van der Waals surface area contributed by atoms with Gasteiger partial charge in [0.05, 0.1) is 17.4 Å². The van der Waals surface area contributed by atoms with Crippen molar-refractivity contribution in [3.8, 4) is 0 Å². The number of fused-ring (bicyclic) bond motifs is 1. The van der Waals surface area contributed by atoms with E-state index in [1.54, 1.807) is 31.2 Å². The highest BCUT2D eigenvalue weighted by molar-refractivity contribution is 5.80. The van der Waals surface area contributed by atoms with Gasteiger partial charge in [0.15, 0.2) is 0 Å². The van der Waals surface area contributed by atoms with Crippen LogP contribution in [0.25, 0.3) is 10.9 Å². The summed E-state index contributed by atoms with van der Waals surface area (Å²) in [5, 5.41) is 3.08. The highest BCUT2D eigenvalue weighted by Crippen LogP contribution is 2.08. The van der Waals surface area contributed by atoms with E-state index in [4.69, 9.17) is 4.74 Å². The Hall–Kier alpha value is -3.68. The molecule has 0 fully saturated rings. The second-order valence-corrected chi connectivity index (χ2v) is 7.49. The fraction of sp³-hybridized carbons (Fsp3) is 0.333. The summed E-state index contributed by atoms with van der Waals surface area (Å²) >= 11 is 0. The van der Waals surface area contributed by atoms with Crippen LogP contribution >= 0.6 is 0 Å². The third-order valence-electron chi connectivity index (χ3n) is 5.18. The number of nitrogens with one attached hydrogen (secondary N) is 1. The molecule has 8 heteroatoms. The molecule has 1 aromatic heterocycles. The fourth-order valence-electron chi connectivity index (χ4n) is 3.43. The normalized spacial score (nSPS) is 10.8. The Morgan fingerprint density at radius 1 is 1.00 bits per heavy atom. The third kappa shape index (κ3) is 5.51. The van der Waals surface area contributed by atoms with Crippen LogP contribution < -0.4 is 16.6 Å². The first-order valence-corrected chi connectivity index (χ1v) is 10.6. The monoisotopic (exact) mass is 437 g/mol. The molecule has 32 heavy (non-hydrogen) atoms. The van der Waals surface area contributed by atoms with Gasteiger partial charge in [0, 0.05) is 13.0 Å². The molecular formula is C24H27N3O5. The topological polar surface area (TPSA) is 99.4 Å². The van der Waals surface area contributed by atoms with Crippen molar-refractivity contribution in [2.45, 2.75) is 39.8 Å². The van der Waals surface area contributed by atoms with Gasteiger partial charge in [-0.3, -0.25) is 23.5 Å². The summed E-state index contributed by atoms with van der Waals surface area (Å²) < 4.78 is 7.51. The van der Waals surface area contributed by atoms with Gasteiger partial charge in [0.25, 0.3) is 5.56 Å². The van der Waals surface area contributed by atoms with Crippen molar-refractivity contribution in [3.63, 3.8) is 0 Å². The number of carbonyl (C=O) groups excluding carboxylic acids is 2. The number of benzene rings is 2. The smallest absolute Gasteiger partial charge is 0.332 e. The van der Waals surface area contributed by atoms with E-state index >= 15 is 0 Å². The van der Waals surface area contributed by atoms with Gasteiger partial charge in [-0.2, -0.15) is 0 Å². The van der Waals surface area contributed by atoms with E-state index in [1.807, 2.05) is 31.2 Å². The van der Waals surface area contributed by atoms with Gasteiger partial charge in [0.2, 0.25) is 5.91 Å². The van der Waals surface area contributed by atoms with Gasteiger partial charge in [-0.1, -0.05) is 42.0 Å². The molecule has 0 bridgehead atoms. The molecule has 8 nitrogen and oxygen atoms in total. The largest absolute Gasteiger partial charge is 0.462 e. The van der Waals surface area contributed by atoms with Gasteiger partial charge in [-0.15, -0.1) is 0 Å². The summed E-state index contributed by atoms with van der Waals surface area (Å²) in [6, 6.07) is 14.7. The Morgan fingerprint density at radius 2 is 1.72 bits per heavy atom. The molecule has 3 rings (SSSR count). The molecule has 0 radical (unpaired) electrons. The lowest BCUT2D eigenvalue weighted by Gasteiger charge is -2.13. The van der Waals surface area contributed by atoms with Crippen molar-refractivity contribution < 1.29 is 14.3 Å². The fourth-order valence-corrected chi connectivity index (χ4v) is 3.43. The molecule has 0 saturated heterocycles. The van der Waals surface area contributed by atoms with Crippen molar-refractivity contribution in [1.82, 2.24) is 14.5 Å². The van der Waals surface area contributed by atoms with Crippen LogP contribution in [0.1, 0.15) is 24.5 Å². The van der Waals surface area contributed by atoms with Crippen molar-refractivity contribution >= 4 is 22.8 Å². The first-order valence-electron chi connectivity index (χ1n) is 10.6. The van der Waals surface area contributed by atoms with Gasteiger partial charge < -0.3 is 10.1 Å². The summed E-state index contributed by atoms with van der Waals surface area (Å²) in [6.07, 6.45) is 0.978. The lowest BCUT2D eigenvalue weighted by Crippen LogP contribution is -2.41. The van der Waals surface area contributed by atoms with Crippen LogP contribution in [0, 0.1) is 6.92 Å². The van der Waals surface area contributed by atoms with Crippen LogP contribution in [0.2, 0.25) is 0 Å². The number of amides is 1. The zero-order valence-electron chi connectivity index (χ0n) is 18.3. The van der Waals surface area contributed by atoms with Crippen molar-refractivity contribution in [2.75, 3.05) is 13.2 Å². The van der Waals surface area contributed by atoms with Crippen LogP contribution in [0.4, 0.5) is 0 Å². The van der Waals surface area contributed by atoms with Gasteiger partial charge in [0.1, 0.15) is 13.2 Å². The van der Waals surface area contributed by atoms with Crippen LogP contribution in [-0.4, -0.2) is 34.2 Å². The molecular weight excluding hydrogens is 410 g/mol. The second-order valence-electron chi connectivity index (χ2n) is 7.49. The maximum Gasteiger partial charge on any atom is 0.332 e. The number of para-hydroxylation sites is 1. The Bertz CT molecular complexity index is 1230. The minimum absolute atomic E-state index is 0.00476. The number of carbonyl (C=O) groups is 2. The summed E-state index contributed by atoms with van der Waals surface area (Å²) in [7, 11) is 0. The van der Waals surface area contributed by atoms with Crippen LogP contribution in [-0.2, 0) is 33.8 Å². The predicted molar refractivity (Wildman–Crippen MR) is 122 cm³/mol. The molecule has 2 aromatic carbocycles. The maximum absolute atomic E-state index is 12.7. The molecule has 0 spiro atoms. The number of ether oxygens (including phenoxy) is 1. The van der Waals surface area contributed by atoms with Crippen LogP contribution in [0.15, 0.2) is 58.1 Å². The molecule has 0 aliphatic carbocycles. The molecule has 0 atom stereocenters. The van der Waals surface area contributed by atoms with E-state index < -0.39 is 11.7 Å². The Kier molecular flexibility index (Phi) is 7.59. The molecule has 1 N–H and O–H groups in total. The number of aryl methyl sites for hydroxylation is 2. The first kappa shape index (κ1) is 23.0. The number of hydrogen-bond donors (Lipinski definition) is 1. The molecule has 3 aromatic rings. The molecule has 1 amide bonds. The van der Waals surface area contributed by atoms with Crippen molar-refractivity contribution in [3.05, 3.63) is 80.5 Å². The Labute approximate surface area is 185 Å². The number of nitrogens with zero attached hydrogens (tertiary/aromatic N) is 2. The number of esters is 1. The molecule has 1 heterocycles. The summed E-state index contributed by atoms with van der Waals surface area (Å²) in [5.41, 5.74) is 1.70. The van der Waals surface area contributed by atoms with Crippen LogP contribution in [0.3, 0.4) is 0 Å². The molecule has 0 unspecified atom stereocenters. The lowest BCUT2D eigenvalue weighted by molar-refractivity contribution is -0.144. The van der Waals surface area contributed by atoms with Gasteiger partial charge >= 0.3 is 11.7 Å². The summed E-state index contributed by atoms with van der Waals surface area (Å²) in [4.78, 5) is 49.4. The zero-order chi connectivity index (χ0) is 23.1. The summed E-state index contributed by atoms with van der Waals surface area (Å²) in [6.45, 7) is 3.77.